The van der Waals surface area contributed by atoms with Crippen molar-refractivity contribution in [3.63, 3.8) is 0 Å². The summed E-state index contributed by atoms with van der Waals surface area (Å²) in [5.41, 5.74) is -7.85. The number of hydrogen-bond donors (Lipinski definition) is 1. The molecule has 0 aliphatic heterocycles. The maximum absolute atomic E-state index is 16.2. The molecule has 0 spiro atoms. The van der Waals surface area contributed by atoms with Crippen LogP contribution in [0.25, 0.3) is 0 Å². The second-order valence-electron chi connectivity index (χ2n) is 27.7. The van der Waals surface area contributed by atoms with Crippen LogP contribution in [0.5, 0.6) is 0 Å². The molecule has 9 heteroatoms. The van der Waals surface area contributed by atoms with Gasteiger partial charge in [0.15, 0.2) is 6.10 Å². The zero-order chi connectivity index (χ0) is 54.0. The molecule has 0 aromatic carbocycles. The van der Waals surface area contributed by atoms with E-state index in [9.17, 15) is 20.0 Å². The molecule has 11 atom stereocenters. The molecular weight excluding hydrogens is 875 g/mol. The maximum atomic E-state index is 16.2. The summed E-state index contributed by atoms with van der Waals surface area (Å²) in [5.74, 6) is -1.48. The Bertz CT molecular complexity index is 1700. The van der Waals surface area contributed by atoms with Gasteiger partial charge in [0.25, 0.3) is 6.04 Å². The van der Waals surface area contributed by atoms with E-state index in [0.29, 0.717) is 32.1 Å². The first-order chi connectivity index (χ1) is 32.1. The van der Waals surface area contributed by atoms with Crippen LogP contribution < -0.4 is 0 Å². The third-order valence-electron chi connectivity index (χ3n) is 20.8. The number of carboxylic acid groups (broad SMARTS) is 1. The van der Waals surface area contributed by atoms with Crippen LogP contribution in [-0.4, -0.2) is 45.7 Å². The Morgan fingerprint density at radius 1 is 0.543 bits per heavy atom. The number of hydrogen-bond acceptors (Lipinski definition) is 7. The Labute approximate surface area is 431 Å². The van der Waals surface area contributed by atoms with Gasteiger partial charge in [-0.15, -0.1) is 0 Å². The fourth-order valence-corrected chi connectivity index (χ4v) is 14.9. The van der Waals surface area contributed by atoms with Crippen LogP contribution in [0.3, 0.4) is 0 Å². The smallest absolute Gasteiger partial charge is 0.312 e. The highest BCUT2D eigenvalue weighted by Gasteiger charge is 2.68. The quantitative estimate of drug-likeness (QED) is 0.0292. The summed E-state index contributed by atoms with van der Waals surface area (Å²) < 4.78 is 13.6. The largest absolute Gasteiger partial charge is 0.481 e. The van der Waals surface area contributed by atoms with Gasteiger partial charge in [-0.05, 0) is 151 Å². The van der Waals surface area contributed by atoms with Gasteiger partial charge in [0.05, 0.1) is 16.2 Å². The van der Waals surface area contributed by atoms with Crippen LogP contribution in [0.1, 0.15) is 293 Å². The average Bonchev–Trinajstić information content (AvgIpc) is 3.87. The number of fused-ring (bicyclic) bond motifs is 2. The lowest BCUT2D eigenvalue weighted by molar-refractivity contribution is -0.541. The summed E-state index contributed by atoms with van der Waals surface area (Å²) >= 11 is 0. The fraction of sp³-hybridized carbons (Fsp3) is 0.951. The standard InChI is InChI=1S/C61H113NO8/c1-21-27-31-37-53(10,11)42-58(17,50(65)69-48-46-35-34-45(41-46)47(48)62(67)68)61(20,40-33-29-23-3)56(15,38-30-24-4)44-59(18,51(66)70-52(7,8)9)60(19,39-32-28-22-2)55(14,36-25-5)43-57(16,49(63)64)54(12,13)26-6/h45-48H,21-44H2,1-20H3,(H,63,64). The SMILES string of the molecule is CCCCCC(C)(C)CC(C)(C(=O)OC1C2CCC(C2)C1[N+](=O)[O-])C(C)(CCCCC)C(C)(CCCC)CC(C)(C(=O)OC(C)(C)C)C(C)(CCCCC)C(C)(CCC)CC(C)(C(=O)O)C(C)(C)CC. The van der Waals surface area contributed by atoms with Crippen molar-refractivity contribution < 1.29 is 33.9 Å². The molecule has 9 nitrogen and oxygen atoms in total. The Hall–Kier alpha value is -2.19. The van der Waals surface area contributed by atoms with E-state index >= 15 is 9.59 Å². The number of unbranched alkanes of at least 4 members (excludes halogenated alkanes) is 7. The first-order valence-corrected chi connectivity index (χ1v) is 28.9. The van der Waals surface area contributed by atoms with Gasteiger partial charge in [-0.25, -0.2) is 0 Å². The first kappa shape index (κ1) is 63.9. The van der Waals surface area contributed by atoms with E-state index in [-0.39, 0.29) is 34.1 Å². The zero-order valence-electron chi connectivity index (χ0n) is 49.5. The van der Waals surface area contributed by atoms with Gasteiger partial charge >= 0.3 is 17.9 Å². The minimum Gasteiger partial charge on any atom is -0.481 e. The van der Waals surface area contributed by atoms with Crippen LogP contribution in [0, 0.1) is 70.7 Å². The lowest BCUT2D eigenvalue weighted by Gasteiger charge is -2.64. The summed E-state index contributed by atoms with van der Waals surface area (Å²) in [5, 5.41) is 24.2. The van der Waals surface area contributed by atoms with Gasteiger partial charge in [-0.1, -0.05) is 174 Å². The molecule has 1 N–H and O–H groups in total. The predicted octanol–water partition coefficient (Wildman–Crippen LogP) is 17.8. The van der Waals surface area contributed by atoms with Crippen molar-refractivity contribution in [1.29, 1.82) is 0 Å². The van der Waals surface area contributed by atoms with E-state index in [2.05, 4.69) is 111 Å². The monoisotopic (exact) mass is 988 g/mol. The summed E-state index contributed by atoms with van der Waals surface area (Å²) in [6.07, 6.45) is 19.1. The van der Waals surface area contributed by atoms with Gasteiger partial charge in [0.1, 0.15) is 5.60 Å². The summed E-state index contributed by atoms with van der Waals surface area (Å²) in [4.78, 5) is 58.8. The lowest BCUT2D eigenvalue weighted by Crippen LogP contribution is -2.62. The van der Waals surface area contributed by atoms with Crippen LogP contribution in [0.2, 0.25) is 0 Å². The summed E-state index contributed by atoms with van der Waals surface area (Å²) in [6, 6.07) is -0.896. The molecule has 11 unspecified atom stereocenters. The highest BCUT2D eigenvalue weighted by atomic mass is 16.6. The molecule has 0 aromatic heterocycles. The molecule has 2 aliphatic carbocycles. The Morgan fingerprint density at radius 2 is 0.986 bits per heavy atom. The van der Waals surface area contributed by atoms with E-state index in [0.717, 1.165) is 122 Å². The predicted molar refractivity (Wildman–Crippen MR) is 290 cm³/mol. The van der Waals surface area contributed by atoms with Gasteiger partial charge in [0, 0.05) is 16.8 Å². The molecule has 2 bridgehead atoms. The number of nitro groups is 1. The number of carboxylic acids is 1. The van der Waals surface area contributed by atoms with Crippen molar-refractivity contribution in [1.82, 2.24) is 0 Å². The topological polar surface area (TPSA) is 133 Å². The first-order valence-electron chi connectivity index (χ1n) is 28.9. The van der Waals surface area contributed by atoms with Crippen molar-refractivity contribution in [2.24, 2.45) is 60.6 Å². The molecule has 70 heavy (non-hydrogen) atoms. The molecule has 0 saturated heterocycles. The van der Waals surface area contributed by atoms with E-state index in [4.69, 9.17) is 9.47 Å². The number of carbonyl (C=O) groups is 3. The normalized spacial score (nSPS) is 24.7. The van der Waals surface area contributed by atoms with Gasteiger partial charge in [-0.3, -0.25) is 24.5 Å². The second-order valence-corrected chi connectivity index (χ2v) is 27.7. The van der Waals surface area contributed by atoms with E-state index in [1.54, 1.807) is 0 Å². The summed E-state index contributed by atoms with van der Waals surface area (Å²) in [7, 11) is 0. The zero-order valence-corrected chi connectivity index (χ0v) is 49.5. The Balaban J connectivity index is 3.33. The number of ether oxygens (including phenoxy) is 2. The maximum Gasteiger partial charge on any atom is 0.312 e. The molecule has 410 valence electrons. The Kier molecular flexibility index (Phi) is 22.7. The van der Waals surface area contributed by atoms with Crippen molar-refractivity contribution in [3.05, 3.63) is 10.1 Å². The minimum absolute atomic E-state index is 0.0197. The van der Waals surface area contributed by atoms with Crippen LogP contribution in [-0.2, 0) is 23.9 Å². The van der Waals surface area contributed by atoms with E-state index in [1.807, 2.05) is 27.7 Å². The highest BCUT2D eigenvalue weighted by Crippen LogP contribution is 2.70. The molecular formula is C61H113NO8. The third kappa shape index (κ3) is 13.6. The van der Waals surface area contributed by atoms with Crippen molar-refractivity contribution in [2.75, 3.05) is 0 Å². The van der Waals surface area contributed by atoms with Crippen molar-refractivity contribution in [3.8, 4) is 0 Å². The number of carbonyl (C=O) groups excluding carboxylic acids is 2. The number of esters is 2. The summed E-state index contributed by atoms with van der Waals surface area (Å²) in [6.45, 7) is 43.3. The lowest BCUT2D eigenvalue weighted by atomic mass is 9.39. The molecule has 2 aliphatic rings. The van der Waals surface area contributed by atoms with E-state index in [1.165, 1.54) is 0 Å². The van der Waals surface area contributed by atoms with Crippen molar-refractivity contribution in [2.45, 2.75) is 310 Å². The number of aliphatic carboxylic acids is 1. The van der Waals surface area contributed by atoms with Crippen LogP contribution >= 0.6 is 0 Å². The van der Waals surface area contributed by atoms with Gasteiger partial charge in [0.2, 0.25) is 0 Å². The Morgan fingerprint density at radius 3 is 1.41 bits per heavy atom. The molecule has 0 heterocycles. The molecule has 0 amide bonds. The van der Waals surface area contributed by atoms with Crippen LogP contribution in [0.4, 0.5) is 0 Å². The van der Waals surface area contributed by atoms with Crippen molar-refractivity contribution >= 4 is 17.9 Å². The fourth-order valence-electron chi connectivity index (χ4n) is 14.9. The molecule has 0 radical (unpaired) electrons. The highest BCUT2D eigenvalue weighted by molar-refractivity contribution is 5.80. The minimum atomic E-state index is -1.16. The molecule has 2 fully saturated rings. The third-order valence-corrected chi connectivity index (χ3v) is 20.8. The number of rotatable bonds is 34. The molecule has 0 aromatic rings. The average molecular weight is 989 g/mol. The second kappa shape index (κ2) is 24.9. The molecule has 2 rings (SSSR count). The van der Waals surface area contributed by atoms with Gasteiger partial charge in [-0.2, -0.15) is 0 Å². The van der Waals surface area contributed by atoms with E-state index < -0.39 is 67.0 Å². The van der Waals surface area contributed by atoms with Crippen LogP contribution in [0.15, 0.2) is 0 Å². The molecule has 2 saturated carbocycles. The van der Waals surface area contributed by atoms with Gasteiger partial charge < -0.3 is 14.6 Å². The number of nitrogens with zero attached hydrogens (tertiary/aromatic N) is 1.